The second kappa shape index (κ2) is 38.2. The molecule has 0 aromatic carbocycles. The Morgan fingerprint density at radius 1 is 0.571 bits per heavy atom. The van der Waals surface area contributed by atoms with Gasteiger partial charge in [0.25, 0.3) is 7.82 Å². The third kappa shape index (κ3) is 41.3. The van der Waals surface area contributed by atoms with E-state index in [-0.39, 0.29) is 26.1 Å². The minimum atomic E-state index is -4.64. The molecule has 0 bridgehead atoms. The number of allylic oxidation sites excluding steroid dienone is 10. The molecule has 0 heterocycles. The minimum absolute atomic E-state index is 0.0409. The summed E-state index contributed by atoms with van der Waals surface area (Å²) in [4.78, 5) is 37.5. The van der Waals surface area contributed by atoms with E-state index >= 15 is 0 Å². The van der Waals surface area contributed by atoms with Gasteiger partial charge in [-0.15, -0.1) is 0 Å². The Hall–Kier alpha value is -2.29. The molecule has 0 aromatic rings. The number of rotatable bonds is 39. The van der Waals surface area contributed by atoms with Gasteiger partial charge >= 0.3 is 11.9 Å². The molecule has 324 valence electrons. The van der Waals surface area contributed by atoms with Gasteiger partial charge in [-0.2, -0.15) is 0 Å². The van der Waals surface area contributed by atoms with Crippen molar-refractivity contribution in [2.75, 3.05) is 47.5 Å². The summed E-state index contributed by atoms with van der Waals surface area (Å²) in [5.41, 5.74) is 0. The molecular formula is C46H82NO8P. The van der Waals surface area contributed by atoms with Crippen molar-refractivity contribution >= 4 is 19.8 Å². The first-order chi connectivity index (χ1) is 27.0. The SMILES string of the molecule is CC/C=C\C/C=C\C/C=C\C/C=C\C/C=C\CCCC(=O)OC[C@H](COP(=O)([O-])OCC[N+](C)(C)C)OC(=O)CCCCCCCCCCCCCCCCC. The second-order valence-corrected chi connectivity index (χ2v) is 17.1. The Morgan fingerprint density at radius 2 is 1.02 bits per heavy atom. The van der Waals surface area contributed by atoms with Crippen LogP contribution in [0.3, 0.4) is 0 Å². The summed E-state index contributed by atoms with van der Waals surface area (Å²) < 4.78 is 33.8. The lowest BCUT2D eigenvalue weighted by molar-refractivity contribution is -0.870. The number of ether oxygens (including phenoxy) is 2. The van der Waals surface area contributed by atoms with Gasteiger partial charge in [-0.05, 0) is 51.4 Å². The molecule has 56 heavy (non-hydrogen) atoms. The molecule has 1 unspecified atom stereocenters. The maximum atomic E-state index is 12.7. The number of unbranched alkanes of at least 4 members (excludes halogenated alkanes) is 15. The molecule has 0 N–H and O–H groups in total. The van der Waals surface area contributed by atoms with Crippen molar-refractivity contribution in [1.29, 1.82) is 0 Å². The van der Waals surface area contributed by atoms with E-state index in [0.717, 1.165) is 57.8 Å². The smallest absolute Gasteiger partial charge is 0.306 e. The average Bonchev–Trinajstić information content (AvgIpc) is 3.15. The van der Waals surface area contributed by atoms with Gasteiger partial charge in [-0.3, -0.25) is 14.2 Å². The van der Waals surface area contributed by atoms with Gasteiger partial charge in [-0.1, -0.05) is 164 Å². The fourth-order valence-electron chi connectivity index (χ4n) is 5.63. The topological polar surface area (TPSA) is 111 Å². The third-order valence-electron chi connectivity index (χ3n) is 9.05. The van der Waals surface area contributed by atoms with Crippen LogP contribution in [0.25, 0.3) is 0 Å². The maximum Gasteiger partial charge on any atom is 0.306 e. The predicted molar refractivity (Wildman–Crippen MR) is 231 cm³/mol. The van der Waals surface area contributed by atoms with Crippen molar-refractivity contribution in [2.24, 2.45) is 0 Å². The van der Waals surface area contributed by atoms with Gasteiger partial charge in [0, 0.05) is 12.8 Å². The molecule has 0 saturated heterocycles. The van der Waals surface area contributed by atoms with Gasteiger partial charge in [-0.25, -0.2) is 0 Å². The first-order valence-corrected chi connectivity index (χ1v) is 23.5. The summed E-state index contributed by atoms with van der Waals surface area (Å²) in [6, 6.07) is 0. The van der Waals surface area contributed by atoms with Crippen molar-refractivity contribution in [1.82, 2.24) is 0 Å². The number of likely N-dealkylation sites (N-methyl/N-ethyl adjacent to an activating group) is 1. The molecule has 0 aliphatic rings. The zero-order valence-electron chi connectivity index (χ0n) is 36.3. The number of phosphoric acid groups is 1. The number of hydrogen-bond acceptors (Lipinski definition) is 8. The molecule has 0 aromatic heterocycles. The maximum absolute atomic E-state index is 12.7. The van der Waals surface area contributed by atoms with E-state index in [2.05, 4.69) is 68.5 Å². The first-order valence-electron chi connectivity index (χ1n) is 22.0. The highest BCUT2D eigenvalue weighted by Crippen LogP contribution is 2.38. The largest absolute Gasteiger partial charge is 0.756 e. The summed E-state index contributed by atoms with van der Waals surface area (Å²) in [5, 5.41) is 0. The zero-order valence-corrected chi connectivity index (χ0v) is 37.2. The molecule has 0 fully saturated rings. The zero-order chi connectivity index (χ0) is 41.4. The molecule has 10 heteroatoms. The summed E-state index contributed by atoms with van der Waals surface area (Å²) in [6.07, 6.45) is 45.4. The van der Waals surface area contributed by atoms with Crippen LogP contribution in [0.15, 0.2) is 60.8 Å². The Balaban J connectivity index is 4.45. The van der Waals surface area contributed by atoms with Crippen molar-refractivity contribution in [3.05, 3.63) is 60.8 Å². The molecule has 0 spiro atoms. The van der Waals surface area contributed by atoms with Gasteiger partial charge < -0.3 is 27.9 Å². The molecule has 0 rings (SSSR count). The second-order valence-electron chi connectivity index (χ2n) is 15.7. The molecular weight excluding hydrogens is 725 g/mol. The minimum Gasteiger partial charge on any atom is -0.756 e. The standard InChI is InChI=1S/C46H82NO8P/c1-6-8-10-12-14-16-18-20-22-23-25-26-28-30-32-34-36-38-45(48)52-42-44(43-54-56(50,51)53-41-40-47(3,4)5)55-46(49)39-37-35-33-31-29-27-24-21-19-17-15-13-11-9-7-2/h8,10,14,16,20,22,25-26,30,32,44H,6-7,9,11-13,15,17-19,21,23-24,27-29,31,33-43H2,1-5H3/b10-8-,16-14-,22-20-,26-25-,32-30-/t44-/m1/s1. The van der Waals surface area contributed by atoms with Crippen molar-refractivity contribution in [3.63, 3.8) is 0 Å². The van der Waals surface area contributed by atoms with Crippen LogP contribution in [0.5, 0.6) is 0 Å². The Morgan fingerprint density at radius 3 is 1.50 bits per heavy atom. The van der Waals surface area contributed by atoms with Crippen molar-refractivity contribution < 1.29 is 42.1 Å². The monoisotopic (exact) mass is 808 g/mol. The van der Waals surface area contributed by atoms with Gasteiger partial charge in [0.2, 0.25) is 0 Å². The van der Waals surface area contributed by atoms with Crippen LogP contribution in [0, 0.1) is 0 Å². The van der Waals surface area contributed by atoms with E-state index in [9.17, 15) is 19.0 Å². The van der Waals surface area contributed by atoms with E-state index in [1.54, 1.807) is 0 Å². The number of esters is 2. The van der Waals surface area contributed by atoms with Crippen molar-refractivity contribution in [2.45, 2.75) is 174 Å². The number of quaternary nitrogens is 1. The molecule has 9 nitrogen and oxygen atoms in total. The van der Waals surface area contributed by atoms with E-state index in [4.69, 9.17) is 18.5 Å². The first kappa shape index (κ1) is 53.7. The lowest BCUT2D eigenvalue weighted by Gasteiger charge is -2.28. The summed E-state index contributed by atoms with van der Waals surface area (Å²) in [5.74, 6) is -0.903. The molecule has 0 aliphatic carbocycles. The van der Waals surface area contributed by atoms with Crippen molar-refractivity contribution in [3.8, 4) is 0 Å². The fraction of sp³-hybridized carbons (Fsp3) is 0.739. The highest BCUT2D eigenvalue weighted by molar-refractivity contribution is 7.45. The van der Waals surface area contributed by atoms with Crippen LogP contribution in [0.1, 0.15) is 168 Å². The highest BCUT2D eigenvalue weighted by atomic mass is 31.2. The molecule has 2 atom stereocenters. The average molecular weight is 808 g/mol. The number of phosphoric ester groups is 1. The number of nitrogens with zero attached hydrogens (tertiary/aromatic N) is 1. The number of carbonyl (C=O) groups excluding carboxylic acids is 2. The van der Waals surface area contributed by atoms with E-state index in [1.807, 2.05) is 27.2 Å². The fourth-order valence-corrected chi connectivity index (χ4v) is 6.36. The lowest BCUT2D eigenvalue weighted by atomic mass is 10.0. The molecule has 0 aliphatic heterocycles. The van der Waals surface area contributed by atoms with Crippen LogP contribution in [-0.2, 0) is 32.7 Å². The van der Waals surface area contributed by atoms with Gasteiger partial charge in [0.15, 0.2) is 6.10 Å². The van der Waals surface area contributed by atoms with Crippen LogP contribution >= 0.6 is 7.82 Å². The van der Waals surface area contributed by atoms with E-state index in [1.165, 1.54) is 70.6 Å². The van der Waals surface area contributed by atoms with Crippen LogP contribution in [-0.4, -0.2) is 70.0 Å². The quantitative estimate of drug-likeness (QED) is 0.0198. The van der Waals surface area contributed by atoms with E-state index in [0.29, 0.717) is 23.9 Å². The number of carbonyl (C=O) groups is 2. The highest BCUT2D eigenvalue weighted by Gasteiger charge is 2.21. The van der Waals surface area contributed by atoms with Crippen LogP contribution < -0.4 is 4.89 Å². The summed E-state index contributed by atoms with van der Waals surface area (Å²) in [6.45, 7) is 4.04. The predicted octanol–water partition coefficient (Wildman–Crippen LogP) is 11.8. The third-order valence-corrected chi connectivity index (χ3v) is 10.0. The lowest BCUT2D eigenvalue weighted by Crippen LogP contribution is -2.37. The molecule has 0 radical (unpaired) electrons. The molecule has 0 amide bonds. The normalized spacial score (nSPS) is 14.2. The Labute approximate surface area is 343 Å². The van der Waals surface area contributed by atoms with Crippen LogP contribution in [0.4, 0.5) is 0 Å². The van der Waals surface area contributed by atoms with Gasteiger partial charge in [0.1, 0.15) is 19.8 Å². The Kier molecular flexibility index (Phi) is 36.7. The Bertz CT molecular complexity index is 1140. The van der Waals surface area contributed by atoms with E-state index < -0.39 is 32.5 Å². The van der Waals surface area contributed by atoms with Crippen LogP contribution in [0.2, 0.25) is 0 Å². The summed E-state index contributed by atoms with van der Waals surface area (Å²) in [7, 11) is 1.13. The summed E-state index contributed by atoms with van der Waals surface area (Å²) >= 11 is 0. The number of hydrogen-bond donors (Lipinski definition) is 0. The molecule has 0 saturated carbocycles. The van der Waals surface area contributed by atoms with Gasteiger partial charge in [0.05, 0.1) is 27.7 Å².